The number of halogens is 4. The van der Waals surface area contributed by atoms with Crippen LogP contribution in [0.25, 0.3) is 0 Å². The number of alkyl halides is 2. The zero-order chi connectivity index (χ0) is 19.3. The van der Waals surface area contributed by atoms with Crippen molar-refractivity contribution in [1.82, 2.24) is 0 Å². The Labute approximate surface area is 178 Å². The molecule has 2 aromatic rings. The summed E-state index contributed by atoms with van der Waals surface area (Å²) in [6.07, 6.45) is 3.61. The van der Waals surface area contributed by atoms with Crippen molar-refractivity contribution >= 4 is 61.2 Å². The van der Waals surface area contributed by atoms with Crippen LogP contribution in [0, 0.1) is 11.6 Å². The number of benzene rings is 2. The third kappa shape index (κ3) is 4.91. The highest BCUT2D eigenvalue weighted by Gasteiger charge is 2.29. The van der Waals surface area contributed by atoms with Crippen LogP contribution >= 0.6 is 55.4 Å². The van der Waals surface area contributed by atoms with Crippen LogP contribution in [0.4, 0.5) is 8.78 Å². The van der Waals surface area contributed by atoms with Crippen molar-refractivity contribution in [2.75, 3.05) is 23.2 Å². The minimum Gasteiger partial charge on any atom is -0.298 e. The Morgan fingerprint density at radius 3 is 1.54 bits per heavy atom. The molecule has 0 aliphatic heterocycles. The first-order chi connectivity index (χ1) is 12.5. The Morgan fingerprint density at radius 2 is 1.27 bits per heavy atom. The molecule has 0 saturated heterocycles. The molecule has 0 amide bonds. The quantitative estimate of drug-likeness (QED) is 0.285. The van der Waals surface area contributed by atoms with Crippen molar-refractivity contribution in [2.45, 2.75) is 21.6 Å². The van der Waals surface area contributed by atoms with E-state index in [0.717, 1.165) is 0 Å². The van der Waals surface area contributed by atoms with Gasteiger partial charge in [-0.15, -0.1) is 23.5 Å². The van der Waals surface area contributed by atoms with E-state index in [4.69, 9.17) is 0 Å². The summed E-state index contributed by atoms with van der Waals surface area (Å²) < 4.78 is 28.3. The summed E-state index contributed by atoms with van der Waals surface area (Å²) in [5.41, 5.74) is 1.24. The second-order valence-electron chi connectivity index (χ2n) is 5.60. The lowest BCUT2D eigenvalue weighted by Crippen LogP contribution is -2.23. The van der Waals surface area contributed by atoms with Crippen LogP contribution in [-0.4, -0.2) is 29.0 Å². The van der Waals surface area contributed by atoms with Crippen molar-refractivity contribution in [1.29, 1.82) is 0 Å². The fourth-order valence-corrected chi connectivity index (χ4v) is 5.00. The van der Waals surface area contributed by atoms with Gasteiger partial charge in [-0.2, -0.15) is 0 Å². The van der Waals surface area contributed by atoms with Gasteiger partial charge in [-0.05, 0) is 47.9 Å². The van der Waals surface area contributed by atoms with Crippen LogP contribution in [0.15, 0.2) is 46.2 Å². The van der Waals surface area contributed by atoms with Gasteiger partial charge in [-0.25, -0.2) is 8.78 Å². The molecule has 0 spiro atoms. The topological polar surface area (TPSA) is 17.1 Å². The molecule has 0 bridgehead atoms. The fraction of sp³-hybridized carbons (Fsp3) is 0.316. The highest BCUT2D eigenvalue weighted by Crippen LogP contribution is 2.33. The molecule has 1 nitrogen and oxygen atoms in total. The highest BCUT2D eigenvalue weighted by molar-refractivity contribution is 9.09. The maximum absolute atomic E-state index is 14.1. The molecular formula is C19H18Br2F2OS2. The molecule has 0 N–H and O–H groups in total. The number of carbonyl (C=O) groups excluding carboxylic acids is 1. The lowest BCUT2D eigenvalue weighted by Gasteiger charge is -2.21. The molecule has 2 aromatic carbocycles. The van der Waals surface area contributed by atoms with E-state index in [-0.39, 0.29) is 17.4 Å². The van der Waals surface area contributed by atoms with Gasteiger partial charge in [0.2, 0.25) is 0 Å². The number of ketones is 1. The predicted molar refractivity (Wildman–Crippen MR) is 114 cm³/mol. The van der Waals surface area contributed by atoms with Crippen LogP contribution in [-0.2, 0) is 4.79 Å². The van der Waals surface area contributed by atoms with Crippen LogP contribution in [0.5, 0.6) is 0 Å². The van der Waals surface area contributed by atoms with Gasteiger partial charge in [0, 0.05) is 20.5 Å². The summed E-state index contributed by atoms with van der Waals surface area (Å²) >= 11 is 9.40. The molecule has 0 fully saturated rings. The molecule has 0 aromatic heterocycles. The van der Waals surface area contributed by atoms with Gasteiger partial charge in [0.25, 0.3) is 0 Å². The normalized spacial score (nSPS) is 13.5. The number of Topliss-reactive ketones (excluding diaryl/α,β-unsaturated/α-hetero) is 1. The Hall–Kier alpha value is -0.370. The average molecular weight is 524 g/mol. The lowest BCUT2D eigenvalue weighted by atomic mass is 9.85. The van der Waals surface area contributed by atoms with Gasteiger partial charge < -0.3 is 0 Å². The third-order valence-corrected chi connectivity index (χ3v) is 6.99. The van der Waals surface area contributed by atoms with Gasteiger partial charge in [-0.1, -0.05) is 44.0 Å². The molecule has 140 valence electrons. The molecule has 7 heteroatoms. The van der Waals surface area contributed by atoms with Gasteiger partial charge in [0.05, 0.1) is 11.8 Å². The Bertz CT molecular complexity index is 723. The van der Waals surface area contributed by atoms with Crippen molar-refractivity contribution in [3.63, 3.8) is 0 Å². The van der Waals surface area contributed by atoms with Gasteiger partial charge in [-0.3, -0.25) is 4.79 Å². The fourth-order valence-electron chi connectivity index (χ4n) is 2.70. The standard InChI is InChI=1S/C19H18Br2F2OS2/c1-25-17-5-3-11(7-15(17)22)13(9-20)19(24)14(10-21)12-4-6-18(26-2)16(23)8-12/h3-8,13-14H,9-10H2,1-2H3. The summed E-state index contributed by atoms with van der Waals surface area (Å²) in [5.74, 6) is -1.76. The largest absolute Gasteiger partial charge is 0.298 e. The van der Waals surface area contributed by atoms with Crippen molar-refractivity contribution < 1.29 is 13.6 Å². The first kappa shape index (κ1) is 21.9. The number of rotatable bonds is 8. The number of hydrogen-bond donors (Lipinski definition) is 0. The maximum Gasteiger partial charge on any atom is 0.149 e. The molecule has 0 heterocycles. The number of hydrogen-bond acceptors (Lipinski definition) is 3. The van der Waals surface area contributed by atoms with E-state index in [9.17, 15) is 13.6 Å². The summed E-state index contributed by atoms with van der Waals surface area (Å²) in [6, 6.07) is 9.77. The monoisotopic (exact) mass is 522 g/mol. The SMILES string of the molecule is CSc1ccc(C(CBr)C(=O)C(CBr)c2ccc(SC)c(F)c2)cc1F. The zero-order valence-electron chi connectivity index (χ0n) is 14.3. The van der Waals surface area contributed by atoms with E-state index in [1.54, 1.807) is 36.8 Å². The minimum atomic E-state index is -0.508. The van der Waals surface area contributed by atoms with Crippen LogP contribution < -0.4 is 0 Å². The third-order valence-electron chi connectivity index (χ3n) is 4.15. The van der Waals surface area contributed by atoms with Crippen molar-refractivity contribution in [3.05, 3.63) is 59.2 Å². The Kier molecular flexibility index (Phi) is 8.64. The molecule has 2 unspecified atom stereocenters. The van der Waals surface area contributed by atoms with Crippen LogP contribution in [0.2, 0.25) is 0 Å². The molecular weight excluding hydrogens is 506 g/mol. The summed E-state index contributed by atoms with van der Waals surface area (Å²) in [5, 5.41) is 0.748. The first-order valence-corrected chi connectivity index (χ1v) is 12.5. The molecule has 2 atom stereocenters. The number of carbonyl (C=O) groups is 1. The maximum atomic E-state index is 14.1. The van der Waals surface area contributed by atoms with Crippen LogP contribution in [0.3, 0.4) is 0 Å². The van der Waals surface area contributed by atoms with Crippen LogP contribution in [0.1, 0.15) is 23.0 Å². The highest BCUT2D eigenvalue weighted by atomic mass is 79.9. The summed E-state index contributed by atoms with van der Waals surface area (Å²) in [7, 11) is 0. The second-order valence-corrected chi connectivity index (χ2v) is 8.60. The van der Waals surface area contributed by atoms with Crippen molar-refractivity contribution in [3.8, 4) is 0 Å². The predicted octanol–water partition coefficient (Wildman–Crippen LogP) is 6.63. The summed E-state index contributed by atoms with van der Waals surface area (Å²) in [4.78, 5) is 14.2. The molecule has 0 aliphatic carbocycles. The molecule has 2 rings (SSSR count). The van der Waals surface area contributed by atoms with E-state index in [2.05, 4.69) is 31.9 Å². The lowest BCUT2D eigenvalue weighted by molar-refractivity contribution is -0.121. The summed E-state index contributed by atoms with van der Waals surface area (Å²) in [6.45, 7) is 0. The second kappa shape index (κ2) is 10.2. The van der Waals surface area contributed by atoms with Crippen molar-refractivity contribution in [2.24, 2.45) is 0 Å². The molecule has 0 radical (unpaired) electrons. The van der Waals surface area contributed by atoms with Gasteiger partial charge in [0.15, 0.2) is 0 Å². The minimum absolute atomic E-state index is 0.0775. The Balaban J connectivity index is 2.35. The van der Waals surface area contributed by atoms with E-state index in [1.165, 1.54) is 35.7 Å². The molecule has 0 saturated carbocycles. The zero-order valence-corrected chi connectivity index (χ0v) is 19.1. The van der Waals surface area contributed by atoms with E-state index in [0.29, 0.717) is 31.6 Å². The van der Waals surface area contributed by atoms with E-state index in [1.807, 2.05) is 0 Å². The van der Waals surface area contributed by atoms with E-state index >= 15 is 0 Å². The smallest absolute Gasteiger partial charge is 0.149 e. The number of thioether (sulfide) groups is 2. The average Bonchev–Trinajstić information content (AvgIpc) is 2.63. The van der Waals surface area contributed by atoms with E-state index < -0.39 is 11.8 Å². The molecule has 26 heavy (non-hydrogen) atoms. The van der Waals surface area contributed by atoms with Gasteiger partial charge in [0.1, 0.15) is 17.4 Å². The van der Waals surface area contributed by atoms with Gasteiger partial charge >= 0.3 is 0 Å². The Morgan fingerprint density at radius 1 is 0.885 bits per heavy atom. The molecule has 0 aliphatic rings. The first-order valence-electron chi connectivity index (χ1n) is 7.79.